The number of rotatable bonds is 16. The van der Waals surface area contributed by atoms with Gasteiger partial charge < -0.3 is 15.3 Å². The Morgan fingerprint density at radius 2 is 1.75 bits per heavy atom. The van der Waals surface area contributed by atoms with E-state index in [-0.39, 0.29) is 12.5 Å². The Morgan fingerprint density at radius 1 is 0.958 bits per heavy atom. The molecule has 140 valence electrons. The summed E-state index contributed by atoms with van der Waals surface area (Å²) in [6.07, 6.45) is 18.2. The van der Waals surface area contributed by atoms with Crippen LogP contribution in [0.5, 0.6) is 0 Å². The van der Waals surface area contributed by atoms with Gasteiger partial charge in [0.1, 0.15) is 0 Å². The first kappa shape index (κ1) is 22.7. The van der Waals surface area contributed by atoms with Crippen LogP contribution in [0.15, 0.2) is 24.4 Å². The van der Waals surface area contributed by atoms with E-state index in [1.165, 1.54) is 25.7 Å². The molecule has 4 nitrogen and oxygen atoms in total. The van der Waals surface area contributed by atoms with E-state index in [9.17, 15) is 4.79 Å². The van der Waals surface area contributed by atoms with Gasteiger partial charge in [0, 0.05) is 26.1 Å². The van der Waals surface area contributed by atoms with Gasteiger partial charge in [-0.05, 0) is 31.9 Å². The Balaban J connectivity index is 3.82. The summed E-state index contributed by atoms with van der Waals surface area (Å²) in [4.78, 5) is 13.8. The molecular formula is C20H38N2O2. The quantitative estimate of drug-likeness (QED) is 0.330. The predicted molar refractivity (Wildman–Crippen MR) is 103 cm³/mol. The minimum absolute atomic E-state index is 0.101. The molecule has 0 heterocycles. The molecule has 0 aliphatic carbocycles. The van der Waals surface area contributed by atoms with Gasteiger partial charge in [-0.25, -0.2) is 0 Å². The zero-order chi connectivity index (χ0) is 17.9. The maximum atomic E-state index is 11.7. The van der Waals surface area contributed by atoms with Crippen LogP contribution in [0.25, 0.3) is 0 Å². The number of aliphatic hydroxyl groups excluding tert-OH is 1. The number of carbonyl (C=O) groups is 1. The Hall–Kier alpha value is -1.29. The molecule has 0 rings (SSSR count). The molecule has 0 bridgehead atoms. The first-order valence-corrected chi connectivity index (χ1v) is 9.67. The summed E-state index contributed by atoms with van der Waals surface area (Å²) in [5.41, 5.74) is 0. The third-order valence-electron chi connectivity index (χ3n) is 3.81. The molecule has 0 aliphatic rings. The number of carbonyl (C=O) groups excluding carboxylic acids is 1. The molecule has 0 fully saturated rings. The van der Waals surface area contributed by atoms with Crippen molar-refractivity contribution in [1.82, 2.24) is 10.2 Å². The fraction of sp³-hybridized carbons (Fsp3) is 0.750. The molecule has 2 N–H and O–H groups in total. The first-order valence-electron chi connectivity index (χ1n) is 9.67. The maximum Gasteiger partial charge on any atom is 0.220 e. The van der Waals surface area contributed by atoms with Crippen molar-refractivity contribution in [1.29, 1.82) is 0 Å². The second kappa shape index (κ2) is 18.1. The van der Waals surface area contributed by atoms with E-state index in [1.54, 1.807) is 0 Å². The van der Waals surface area contributed by atoms with Crippen LogP contribution >= 0.6 is 0 Å². The van der Waals surface area contributed by atoms with Gasteiger partial charge in [-0.15, -0.1) is 0 Å². The van der Waals surface area contributed by atoms with E-state index in [1.807, 2.05) is 0 Å². The molecule has 1 amide bonds. The zero-order valence-corrected chi connectivity index (χ0v) is 15.8. The van der Waals surface area contributed by atoms with Crippen LogP contribution in [0.3, 0.4) is 0 Å². The van der Waals surface area contributed by atoms with Crippen molar-refractivity contribution in [2.24, 2.45) is 0 Å². The summed E-state index contributed by atoms with van der Waals surface area (Å²) in [5, 5.41) is 12.1. The van der Waals surface area contributed by atoms with E-state index < -0.39 is 0 Å². The van der Waals surface area contributed by atoms with Crippen molar-refractivity contribution in [2.75, 3.05) is 26.2 Å². The predicted octanol–water partition coefficient (Wildman–Crippen LogP) is 4.02. The molecular weight excluding hydrogens is 300 g/mol. The lowest BCUT2D eigenvalue weighted by atomic mass is 10.1. The number of unbranched alkanes of at least 4 members (excludes halogenated alkanes) is 5. The van der Waals surface area contributed by atoms with Gasteiger partial charge in [-0.1, -0.05) is 57.8 Å². The zero-order valence-electron chi connectivity index (χ0n) is 15.8. The number of aliphatic hydroxyl groups is 1. The molecule has 0 unspecified atom stereocenters. The SMILES string of the molecule is CCC/C=C/CCC(=O)NCCN(/C=C/CCCCCC)CCO. The van der Waals surface area contributed by atoms with Crippen LogP contribution in [0.4, 0.5) is 0 Å². The van der Waals surface area contributed by atoms with Crippen molar-refractivity contribution in [3.63, 3.8) is 0 Å². The van der Waals surface area contributed by atoms with Crippen LogP contribution in [-0.2, 0) is 4.79 Å². The van der Waals surface area contributed by atoms with Crippen molar-refractivity contribution >= 4 is 5.91 Å². The monoisotopic (exact) mass is 338 g/mol. The Morgan fingerprint density at radius 3 is 2.46 bits per heavy atom. The molecule has 0 aliphatic heterocycles. The normalized spacial score (nSPS) is 11.5. The van der Waals surface area contributed by atoms with Gasteiger partial charge in [0.05, 0.1) is 6.61 Å². The van der Waals surface area contributed by atoms with Crippen LogP contribution < -0.4 is 5.32 Å². The van der Waals surface area contributed by atoms with Crippen LogP contribution in [0, 0.1) is 0 Å². The smallest absolute Gasteiger partial charge is 0.220 e. The van der Waals surface area contributed by atoms with Gasteiger partial charge in [0.15, 0.2) is 0 Å². The lowest BCUT2D eigenvalue weighted by molar-refractivity contribution is -0.121. The largest absolute Gasteiger partial charge is 0.395 e. The first-order chi connectivity index (χ1) is 11.7. The lowest BCUT2D eigenvalue weighted by Crippen LogP contribution is -2.33. The van der Waals surface area contributed by atoms with E-state index in [2.05, 4.69) is 48.5 Å². The topological polar surface area (TPSA) is 52.6 Å². The van der Waals surface area contributed by atoms with Gasteiger partial charge in [-0.3, -0.25) is 4.79 Å². The molecule has 0 aromatic heterocycles. The average molecular weight is 339 g/mol. The molecule has 4 heteroatoms. The summed E-state index contributed by atoms with van der Waals surface area (Å²) in [6.45, 7) is 6.47. The fourth-order valence-corrected chi connectivity index (χ4v) is 2.35. The third-order valence-corrected chi connectivity index (χ3v) is 3.81. The molecule has 0 radical (unpaired) electrons. The Kier molecular flexibility index (Phi) is 17.1. The van der Waals surface area contributed by atoms with E-state index in [0.29, 0.717) is 19.5 Å². The fourth-order valence-electron chi connectivity index (χ4n) is 2.35. The highest BCUT2D eigenvalue weighted by molar-refractivity contribution is 5.75. The summed E-state index contributed by atoms with van der Waals surface area (Å²) in [5.74, 6) is 0.101. The molecule has 24 heavy (non-hydrogen) atoms. The number of amides is 1. The number of nitrogens with zero attached hydrogens (tertiary/aromatic N) is 1. The molecule has 0 saturated carbocycles. The average Bonchev–Trinajstić information content (AvgIpc) is 2.57. The van der Waals surface area contributed by atoms with Crippen LogP contribution in [-0.4, -0.2) is 42.2 Å². The van der Waals surface area contributed by atoms with E-state index in [4.69, 9.17) is 5.11 Å². The summed E-state index contributed by atoms with van der Waals surface area (Å²) < 4.78 is 0. The van der Waals surface area contributed by atoms with E-state index in [0.717, 1.165) is 32.2 Å². The van der Waals surface area contributed by atoms with Crippen LogP contribution in [0.2, 0.25) is 0 Å². The van der Waals surface area contributed by atoms with Gasteiger partial charge in [0.25, 0.3) is 0 Å². The molecule has 0 aromatic rings. The highest BCUT2D eigenvalue weighted by Crippen LogP contribution is 2.03. The molecule has 0 atom stereocenters. The third kappa shape index (κ3) is 15.6. The molecule has 0 saturated heterocycles. The number of allylic oxidation sites excluding steroid dienone is 3. The highest BCUT2D eigenvalue weighted by atomic mass is 16.3. The Bertz CT molecular complexity index is 341. The van der Waals surface area contributed by atoms with Crippen molar-refractivity contribution < 1.29 is 9.90 Å². The second-order valence-electron chi connectivity index (χ2n) is 6.14. The van der Waals surface area contributed by atoms with Gasteiger partial charge >= 0.3 is 0 Å². The van der Waals surface area contributed by atoms with Crippen molar-refractivity contribution in [2.45, 2.75) is 71.6 Å². The van der Waals surface area contributed by atoms with Crippen LogP contribution in [0.1, 0.15) is 71.6 Å². The number of hydrogen-bond donors (Lipinski definition) is 2. The second-order valence-corrected chi connectivity index (χ2v) is 6.14. The summed E-state index contributed by atoms with van der Waals surface area (Å²) in [7, 11) is 0. The molecule has 0 spiro atoms. The van der Waals surface area contributed by atoms with Crippen molar-refractivity contribution in [3.8, 4) is 0 Å². The van der Waals surface area contributed by atoms with Gasteiger partial charge in [0.2, 0.25) is 5.91 Å². The Labute approximate surface area is 149 Å². The minimum Gasteiger partial charge on any atom is -0.395 e. The van der Waals surface area contributed by atoms with Gasteiger partial charge in [-0.2, -0.15) is 0 Å². The number of nitrogens with one attached hydrogen (secondary N) is 1. The summed E-state index contributed by atoms with van der Waals surface area (Å²) >= 11 is 0. The highest BCUT2D eigenvalue weighted by Gasteiger charge is 2.01. The van der Waals surface area contributed by atoms with Crippen molar-refractivity contribution in [3.05, 3.63) is 24.4 Å². The minimum atomic E-state index is 0.101. The summed E-state index contributed by atoms with van der Waals surface area (Å²) in [6, 6.07) is 0. The lowest BCUT2D eigenvalue weighted by Gasteiger charge is -2.19. The molecule has 0 aromatic carbocycles. The number of hydrogen-bond acceptors (Lipinski definition) is 3. The maximum absolute atomic E-state index is 11.7. The van der Waals surface area contributed by atoms with E-state index >= 15 is 0 Å². The standard InChI is InChI=1S/C20H38N2O2/c1-3-5-7-9-11-13-16-22(18-19-23)17-15-21-20(24)14-12-10-8-6-4-2/h8,10,13,16,23H,3-7,9,11-12,14-15,17-19H2,1-2H3,(H,21,24)/b10-8+,16-13+.